The van der Waals surface area contributed by atoms with Crippen LogP contribution in [0.4, 0.5) is 0 Å². The Morgan fingerprint density at radius 1 is 0.947 bits per heavy atom. The minimum Gasteiger partial charge on any atom is -0.390 e. The van der Waals surface area contributed by atoms with E-state index in [1.165, 1.54) is 0 Å². The van der Waals surface area contributed by atoms with Gasteiger partial charge in [0, 0.05) is 0 Å². The van der Waals surface area contributed by atoms with Crippen LogP contribution < -0.4 is 11.5 Å². The average molecular weight is 308 g/mol. The van der Waals surface area contributed by atoms with Crippen molar-refractivity contribution in [2.45, 2.75) is 37.8 Å². The Hall–Kier alpha value is -0.240. The van der Waals surface area contributed by atoms with Crippen LogP contribution in [-0.4, -0.2) is 47.0 Å². The van der Waals surface area contributed by atoms with Gasteiger partial charge in [0.05, 0.1) is 0 Å². The minimum absolute atomic E-state index is 0.451. The molecule has 0 unspecified atom stereocenters. The summed E-state index contributed by atoms with van der Waals surface area (Å²) in [4.78, 5) is 23.7. The van der Waals surface area contributed by atoms with Gasteiger partial charge in [-0.25, -0.2) is 9.59 Å². The van der Waals surface area contributed by atoms with Crippen LogP contribution >= 0.6 is 23.5 Å². The Morgan fingerprint density at radius 3 is 1.53 bits per heavy atom. The fourth-order valence-electron chi connectivity index (χ4n) is 1.15. The molecule has 0 amide bonds. The number of ether oxygens (including phenoxy) is 1. The van der Waals surface area contributed by atoms with Crippen molar-refractivity contribution in [3.05, 3.63) is 0 Å². The van der Waals surface area contributed by atoms with Gasteiger partial charge in [-0.05, 0) is 50.7 Å². The lowest BCUT2D eigenvalue weighted by Gasteiger charge is -2.25. The number of rotatable bonds is 8. The third-order valence-electron chi connectivity index (χ3n) is 2.77. The van der Waals surface area contributed by atoms with Gasteiger partial charge < -0.3 is 16.2 Å². The highest BCUT2D eigenvalue weighted by atomic mass is 32.2. The second-order valence-electron chi connectivity index (χ2n) is 5.00. The molecular formula is C12H24N2O3S2. The van der Waals surface area contributed by atoms with Crippen molar-refractivity contribution < 1.29 is 14.3 Å². The van der Waals surface area contributed by atoms with Crippen molar-refractivity contribution in [3.8, 4) is 0 Å². The molecule has 112 valence electrons. The topological polar surface area (TPSA) is 95.4 Å². The van der Waals surface area contributed by atoms with Crippen LogP contribution in [-0.2, 0) is 14.3 Å². The summed E-state index contributed by atoms with van der Waals surface area (Å²) in [6.45, 7) is 3.13. The summed E-state index contributed by atoms with van der Waals surface area (Å²) in [7, 11) is 0. The number of hydrogen-bond acceptors (Lipinski definition) is 7. The van der Waals surface area contributed by atoms with E-state index in [2.05, 4.69) is 0 Å². The fraction of sp³-hybridized carbons (Fsp3) is 0.833. The third kappa shape index (κ3) is 6.65. The van der Waals surface area contributed by atoms with E-state index >= 15 is 0 Å². The molecule has 0 aromatic heterocycles. The molecule has 0 heterocycles. The summed E-state index contributed by atoms with van der Waals surface area (Å²) in [5.41, 5.74) is 9.39. The first-order valence-electron chi connectivity index (χ1n) is 5.99. The van der Waals surface area contributed by atoms with Crippen LogP contribution in [0.2, 0.25) is 0 Å². The summed E-state index contributed by atoms with van der Waals surface area (Å²) < 4.78 is 4.83. The highest BCUT2D eigenvalue weighted by Crippen LogP contribution is 2.16. The van der Waals surface area contributed by atoms with E-state index in [9.17, 15) is 9.59 Å². The Kier molecular flexibility index (Phi) is 8.03. The molecule has 2 atom stereocenters. The van der Waals surface area contributed by atoms with Gasteiger partial charge in [-0.3, -0.25) is 0 Å². The molecule has 0 aliphatic carbocycles. The van der Waals surface area contributed by atoms with Gasteiger partial charge in [0.2, 0.25) is 0 Å². The predicted molar refractivity (Wildman–Crippen MR) is 82.3 cm³/mol. The molecule has 0 spiro atoms. The Labute approximate surface area is 123 Å². The number of hydrogen-bond donors (Lipinski definition) is 2. The Morgan fingerprint density at radius 2 is 1.26 bits per heavy atom. The maximum atomic E-state index is 11.9. The van der Waals surface area contributed by atoms with Gasteiger partial charge in [0.25, 0.3) is 0 Å². The highest BCUT2D eigenvalue weighted by molar-refractivity contribution is 7.98. The van der Waals surface area contributed by atoms with E-state index in [0.717, 1.165) is 11.5 Å². The third-order valence-corrected chi connectivity index (χ3v) is 3.99. The van der Waals surface area contributed by atoms with Crippen molar-refractivity contribution in [3.63, 3.8) is 0 Å². The second-order valence-corrected chi connectivity index (χ2v) is 6.97. The molecule has 0 saturated carbocycles. The number of carbonyl (C=O) groups excluding carboxylic acids is 2. The first kappa shape index (κ1) is 18.8. The molecular weight excluding hydrogens is 284 g/mol. The number of thioether (sulfide) groups is 2. The van der Waals surface area contributed by atoms with E-state index in [-0.39, 0.29) is 0 Å². The highest BCUT2D eigenvalue weighted by Gasteiger charge is 2.37. The molecule has 0 aromatic rings. The van der Waals surface area contributed by atoms with Crippen molar-refractivity contribution in [2.24, 2.45) is 11.5 Å². The van der Waals surface area contributed by atoms with E-state index in [1.54, 1.807) is 37.4 Å². The molecule has 7 heteroatoms. The van der Waals surface area contributed by atoms with Crippen LogP contribution in [0.1, 0.15) is 26.7 Å². The van der Waals surface area contributed by atoms with E-state index in [0.29, 0.717) is 12.8 Å². The lowest BCUT2D eigenvalue weighted by atomic mass is 9.99. The molecule has 0 aliphatic heterocycles. The van der Waals surface area contributed by atoms with Crippen LogP contribution in [0.5, 0.6) is 0 Å². The minimum atomic E-state index is -1.16. The second kappa shape index (κ2) is 8.14. The lowest BCUT2D eigenvalue weighted by Crippen LogP contribution is -2.52. The van der Waals surface area contributed by atoms with Gasteiger partial charge in [0.15, 0.2) is 0 Å². The van der Waals surface area contributed by atoms with E-state index in [4.69, 9.17) is 16.2 Å². The molecule has 0 bridgehead atoms. The molecule has 0 aliphatic rings. The Bertz CT molecular complexity index is 290. The molecule has 0 aromatic carbocycles. The number of esters is 2. The molecule has 0 fully saturated rings. The number of nitrogens with two attached hydrogens (primary N) is 2. The molecule has 0 saturated heterocycles. The fourth-order valence-corrected chi connectivity index (χ4v) is 2.41. The molecule has 4 N–H and O–H groups in total. The monoisotopic (exact) mass is 308 g/mol. The van der Waals surface area contributed by atoms with E-state index in [1.807, 2.05) is 12.5 Å². The average Bonchev–Trinajstić information content (AvgIpc) is 2.33. The quantitative estimate of drug-likeness (QED) is 0.510. The van der Waals surface area contributed by atoms with Crippen molar-refractivity contribution in [1.29, 1.82) is 0 Å². The summed E-state index contributed by atoms with van der Waals surface area (Å²) >= 11 is 3.16. The molecule has 19 heavy (non-hydrogen) atoms. The molecule has 0 radical (unpaired) electrons. The van der Waals surface area contributed by atoms with Gasteiger partial charge in [-0.15, -0.1) is 0 Å². The van der Waals surface area contributed by atoms with Gasteiger partial charge in [0.1, 0.15) is 11.1 Å². The van der Waals surface area contributed by atoms with Crippen LogP contribution in [0.3, 0.4) is 0 Å². The standard InChI is InChI=1S/C12H24N2O3S2/c1-11(13,5-7-18-3)9(15)17-10(16)12(2,14)6-8-19-4/h5-8,13-14H2,1-4H3/t11-,12-/m0/s1. The number of carbonyl (C=O) groups is 2. The van der Waals surface area contributed by atoms with Gasteiger partial charge in [-0.1, -0.05) is 0 Å². The van der Waals surface area contributed by atoms with Gasteiger partial charge in [-0.2, -0.15) is 23.5 Å². The van der Waals surface area contributed by atoms with Crippen LogP contribution in [0, 0.1) is 0 Å². The van der Waals surface area contributed by atoms with Gasteiger partial charge >= 0.3 is 11.9 Å². The maximum Gasteiger partial charge on any atom is 0.333 e. The maximum absolute atomic E-state index is 11.9. The van der Waals surface area contributed by atoms with Crippen molar-refractivity contribution in [1.82, 2.24) is 0 Å². The zero-order valence-corrected chi connectivity index (χ0v) is 13.7. The van der Waals surface area contributed by atoms with Crippen LogP contribution in [0.25, 0.3) is 0 Å². The molecule has 0 rings (SSSR count). The normalized spacial score (nSPS) is 17.4. The smallest absolute Gasteiger partial charge is 0.333 e. The zero-order valence-electron chi connectivity index (χ0n) is 12.0. The largest absolute Gasteiger partial charge is 0.390 e. The predicted octanol–water partition coefficient (Wildman–Crippen LogP) is 0.997. The first-order valence-corrected chi connectivity index (χ1v) is 8.78. The van der Waals surface area contributed by atoms with Crippen molar-refractivity contribution >= 4 is 35.5 Å². The molecule has 5 nitrogen and oxygen atoms in total. The SMILES string of the molecule is CSCC[C@](C)(N)C(=O)OC(=O)[C@@](C)(N)CCSC. The summed E-state index contributed by atoms with van der Waals surface area (Å²) in [6, 6.07) is 0. The summed E-state index contributed by atoms with van der Waals surface area (Å²) in [5, 5.41) is 0. The Balaban J connectivity index is 4.50. The summed E-state index contributed by atoms with van der Waals surface area (Å²) in [6.07, 6.45) is 4.75. The lowest BCUT2D eigenvalue weighted by molar-refractivity contribution is -0.166. The summed E-state index contributed by atoms with van der Waals surface area (Å²) in [5.74, 6) is 0.0189. The van der Waals surface area contributed by atoms with Crippen molar-refractivity contribution in [2.75, 3.05) is 24.0 Å². The van der Waals surface area contributed by atoms with Crippen LogP contribution in [0.15, 0.2) is 0 Å². The first-order chi connectivity index (χ1) is 8.67. The van der Waals surface area contributed by atoms with E-state index < -0.39 is 23.0 Å². The zero-order chi connectivity index (χ0) is 15.1.